The molecule has 2 heterocycles. The first-order valence-electron chi connectivity index (χ1n) is 12.5. The molecule has 4 aromatic rings. The monoisotopic (exact) mass is 603 g/mol. The summed E-state index contributed by atoms with van der Waals surface area (Å²) in [5.41, 5.74) is -0.0338. The summed E-state index contributed by atoms with van der Waals surface area (Å²) in [5.74, 6) is -3.54. The van der Waals surface area contributed by atoms with Gasteiger partial charge in [-0.1, -0.05) is 24.3 Å². The van der Waals surface area contributed by atoms with Gasteiger partial charge in [-0.2, -0.15) is 13.2 Å². The molecule has 1 aliphatic rings. The van der Waals surface area contributed by atoms with Gasteiger partial charge >= 0.3 is 6.18 Å². The van der Waals surface area contributed by atoms with E-state index in [0.717, 1.165) is 18.2 Å². The van der Waals surface area contributed by atoms with E-state index in [9.17, 15) is 35.2 Å². The molecule has 2 N–H and O–H groups in total. The maximum atomic E-state index is 14.2. The molecule has 42 heavy (non-hydrogen) atoms. The fraction of sp³-hybridized carbons (Fsp3) is 0.179. The molecular weight excluding hydrogens is 581 g/mol. The van der Waals surface area contributed by atoms with E-state index >= 15 is 0 Å². The zero-order valence-corrected chi connectivity index (χ0v) is 22.5. The van der Waals surface area contributed by atoms with Crippen molar-refractivity contribution in [3.8, 4) is 22.4 Å². The van der Waals surface area contributed by atoms with Crippen molar-refractivity contribution in [2.45, 2.75) is 11.1 Å². The van der Waals surface area contributed by atoms with Crippen molar-refractivity contribution >= 4 is 21.7 Å². The highest BCUT2D eigenvalue weighted by Gasteiger charge is 2.38. The molecule has 0 radical (unpaired) electrons. The van der Waals surface area contributed by atoms with Crippen molar-refractivity contribution in [3.63, 3.8) is 0 Å². The van der Waals surface area contributed by atoms with Gasteiger partial charge in [-0.3, -0.25) is 4.79 Å². The molecule has 0 spiro atoms. The summed E-state index contributed by atoms with van der Waals surface area (Å²) in [5, 5.41) is 5.31. The second kappa shape index (κ2) is 11.1. The second-order valence-corrected chi connectivity index (χ2v) is 11.0. The van der Waals surface area contributed by atoms with Gasteiger partial charge in [0.1, 0.15) is 17.5 Å². The molecule has 0 atom stereocenters. The zero-order chi connectivity index (χ0) is 30.2. The van der Waals surface area contributed by atoms with Gasteiger partial charge in [0.15, 0.2) is 0 Å². The van der Waals surface area contributed by atoms with Gasteiger partial charge in [0.25, 0.3) is 5.91 Å². The van der Waals surface area contributed by atoms with Crippen LogP contribution in [0.3, 0.4) is 0 Å². The van der Waals surface area contributed by atoms with Crippen LogP contribution in [0.4, 0.5) is 27.8 Å². The van der Waals surface area contributed by atoms with Crippen LogP contribution in [0.5, 0.6) is 0 Å². The Morgan fingerprint density at radius 1 is 0.833 bits per heavy atom. The van der Waals surface area contributed by atoms with Crippen LogP contribution in [0.15, 0.2) is 77.7 Å². The van der Waals surface area contributed by atoms with Gasteiger partial charge in [-0.25, -0.2) is 32.3 Å². The standard InChI is InChI=1S/C28H22F5N5O3S/c29-19-10-8-17(9-11-19)24-23(18-4-3-5-20(16-18)42(34,40)41)25(36-27(35-24)28(31,32)33)37-12-14-38(15-13-37)26(39)21-6-1-2-7-22(21)30/h1-11,16H,12-15H2,(H2,34,40,41). The summed E-state index contributed by atoms with van der Waals surface area (Å²) in [6, 6.07) is 15.3. The minimum Gasteiger partial charge on any atom is -0.352 e. The molecule has 1 saturated heterocycles. The van der Waals surface area contributed by atoms with Crippen LogP contribution in [0, 0.1) is 11.6 Å². The molecule has 0 bridgehead atoms. The van der Waals surface area contributed by atoms with E-state index in [-0.39, 0.29) is 64.8 Å². The lowest BCUT2D eigenvalue weighted by atomic mass is 9.98. The summed E-state index contributed by atoms with van der Waals surface area (Å²) in [6.07, 6.45) is -4.97. The third kappa shape index (κ3) is 5.94. The Morgan fingerprint density at radius 3 is 2.12 bits per heavy atom. The van der Waals surface area contributed by atoms with E-state index in [1.807, 2.05) is 0 Å². The van der Waals surface area contributed by atoms with Crippen LogP contribution < -0.4 is 10.0 Å². The lowest BCUT2D eigenvalue weighted by Crippen LogP contribution is -2.49. The molecule has 3 aromatic carbocycles. The molecule has 1 amide bonds. The van der Waals surface area contributed by atoms with Gasteiger partial charge in [0, 0.05) is 31.7 Å². The Hall–Kier alpha value is -4.43. The molecule has 5 rings (SSSR count). The lowest BCUT2D eigenvalue weighted by Gasteiger charge is -2.36. The van der Waals surface area contributed by atoms with E-state index in [0.29, 0.717) is 0 Å². The normalized spacial score (nSPS) is 14.2. The SMILES string of the molecule is NS(=O)(=O)c1cccc(-c2c(-c3ccc(F)cc3)nc(C(F)(F)F)nc2N2CCN(C(=O)c3ccccc3F)CC2)c1. The van der Waals surface area contributed by atoms with Crippen molar-refractivity contribution in [1.29, 1.82) is 0 Å². The average molecular weight is 604 g/mol. The zero-order valence-electron chi connectivity index (χ0n) is 21.6. The summed E-state index contributed by atoms with van der Waals surface area (Å²) in [7, 11) is -4.19. The summed E-state index contributed by atoms with van der Waals surface area (Å²) in [6.45, 7) is 0.0839. The molecule has 1 aliphatic heterocycles. The molecule has 0 unspecified atom stereocenters. The van der Waals surface area contributed by atoms with E-state index in [2.05, 4.69) is 9.97 Å². The molecule has 0 aliphatic carbocycles. The number of anilines is 1. The van der Waals surface area contributed by atoms with Crippen LogP contribution in [-0.2, 0) is 16.2 Å². The number of hydrogen-bond donors (Lipinski definition) is 1. The number of amides is 1. The highest BCUT2D eigenvalue weighted by Crippen LogP contribution is 2.41. The third-order valence-corrected chi connectivity index (χ3v) is 7.59. The number of aromatic nitrogens is 2. The number of nitrogens with two attached hydrogens (primary N) is 1. The minimum atomic E-state index is -4.97. The van der Waals surface area contributed by atoms with Crippen LogP contribution in [0.25, 0.3) is 22.4 Å². The van der Waals surface area contributed by atoms with Crippen LogP contribution in [0.2, 0.25) is 0 Å². The Kier molecular flexibility index (Phi) is 7.68. The third-order valence-electron chi connectivity index (χ3n) is 6.68. The summed E-state index contributed by atoms with van der Waals surface area (Å²) in [4.78, 5) is 23.2. The van der Waals surface area contributed by atoms with Crippen molar-refractivity contribution in [1.82, 2.24) is 14.9 Å². The summed E-state index contributed by atoms with van der Waals surface area (Å²) < 4.78 is 94.3. The smallest absolute Gasteiger partial charge is 0.352 e. The van der Waals surface area contributed by atoms with Crippen molar-refractivity contribution < 1.29 is 35.2 Å². The Balaban J connectivity index is 1.64. The van der Waals surface area contributed by atoms with Gasteiger partial charge in [-0.15, -0.1) is 0 Å². The Morgan fingerprint density at radius 2 is 1.50 bits per heavy atom. The molecular formula is C28H22F5N5O3S. The van der Waals surface area contributed by atoms with Crippen LogP contribution in [0.1, 0.15) is 16.2 Å². The van der Waals surface area contributed by atoms with Crippen LogP contribution in [-0.4, -0.2) is 55.4 Å². The van der Waals surface area contributed by atoms with E-state index in [1.165, 1.54) is 64.4 Å². The van der Waals surface area contributed by atoms with E-state index in [4.69, 9.17) is 5.14 Å². The number of nitrogens with zero attached hydrogens (tertiary/aromatic N) is 4. The predicted octanol–water partition coefficient (Wildman–Crippen LogP) is 4.72. The van der Waals surface area contributed by atoms with Crippen molar-refractivity contribution in [2.75, 3.05) is 31.1 Å². The molecule has 0 saturated carbocycles. The highest BCUT2D eigenvalue weighted by atomic mass is 32.2. The number of alkyl halides is 3. The summed E-state index contributed by atoms with van der Waals surface area (Å²) >= 11 is 0. The second-order valence-electron chi connectivity index (χ2n) is 9.43. The number of sulfonamides is 1. The largest absolute Gasteiger partial charge is 0.451 e. The number of piperazine rings is 1. The maximum absolute atomic E-state index is 14.2. The first-order valence-corrected chi connectivity index (χ1v) is 14.0. The van der Waals surface area contributed by atoms with Gasteiger partial charge < -0.3 is 9.80 Å². The van der Waals surface area contributed by atoms with Crippen LogP contribution >= 0.6 is 0 Å². The number of primary sulfonamides is 1. The number of carbonyl (C=O) groups excluding carboxylic acids is 1. The fourth-order valence-corrected chi connectivity index (χ4v) is 5.20. The lowest BCUT2D eigenvalue weighted by molar-refractivity contribution is -0.144. The maximum Gasteiger partial charge on any atom is 0.451 e. The van der Waals surface area contributed by atoms with Crippen molar-refractivity contribution in [2.24, 2.45) is 5.14 Å². The topological polar surface area (TPSA) is 109 Å². The van der Waals surface area contributed by atoms with Gasteiger partial charge in [0.2, 0.25) is 15.8 Å². The van der Waals surface area contributed by atoms with E-state index in [1.54, 1.807) is 0 Å². The molecule has 1 aromatic heterocycles. The molecule has 14 heteroatoms. The number of carbonyl (C=O) groups is 1. The molecule has 8 nitrogen and oxygen atoms in total. The minimum absolute atomic E-state index is 0.0131. The first-order chi connectivity index (χ1) is 19.8. The van der Waals surface area contributed by atoms with Gasteiger partial charge in [0.05, 0.1) is 21.7 Å². The Labute approximate surface area is 237 Å². The van der Waals surface area contributed by atoms with E-state index < -0.39 is 39.6 Å². The average Bonchev–Trinajstić information content (AvgIpc) is 2.96. The fourth-order valence-electron chi connectivity index (χ4n) is 4.64. The Bertz CT molecular complexity index is 1760. The number of hydrogen-bond acceptors (Lipinski definition) is 6. The number of rotatable bonds is 5. The molecule has 1 fully saturated rings. The highest BCUT2D eigenvalue weighted by molar-refractivity contribution is 7.89. The van der Waals surface area contributed by atoms with Crippen molar-refractivity contribution in [3.05, 3.63) is 95.8 Å². The number of halogens is 5. The first kappa shape index (κ1) is 29.1. The predicted molar refractivity (Wildman–Crippen MR) is 144 cm³/mol. The number of benzene rings is 3. The quantitative estimate of drug-likeness (QED) is 0.331. The van der Waals surface area contributed by atoms with Gasteiger partial charge in [-0.05, 0) is 54.1 Å². The molecule has 218 valence electrons.